The number of carbonyl (C=O) groups is 2. The van der Waals surface area contributed by atoms with Gasteiger partial charge in [0.15, 0.2) is 0 Å². The minimum absolute atomic E-state index is 0.282. The topological polar surface area (TPSA) is 69.6 Å². The molecule has 20 heavy (non-hydrogen) atoms. The minimum atomic E-state index is -0.972. The van der Waals surface area contributed by atoms with Crippen molar-refractivity contribution in [3.05, 3.63) is 21.9 Å². The molecular formula is C13H18N2O3S2. The van der Waals surface area contributed by atoms with E-state index in [2.05, 4.69) is 5.32 Å². The Labute approximate surface area is 126 Å². The molecule has 1 aromatic rings. The number of carbonyl (C=O) groups excluding carboxylic acids is 1. The van der Waals surface area contributed by atoms with Crippen molar-refractivity contribution in [3.63, 3.8) is 0 Å². The van der Waals surface area contributed by atoms with E-state index in [1.165, 1.54) is 10.4 Å². The second-order valence-corrected chi connectivity index (χ2v) is 6.65. The maximum atomic E-state index is 12.2. The molecule has 2 N–H and O–H groups in total. The monoisotopic (exact) mass is 314 g/mol. The molecule has 0 unspecified atom stereocenters. The number of nitrogens with zero attached hydrogens (tertiary/aromatic N) is 1. The Morgan fingerprint density at radius 3 is 3.10 bits per heavy atom. The standard InChI is InChI=1S/C13H18N2O3S2/c1-19-6-4-10(12(16)17)14-13(18)15-5-2-11-9(8-15)3-7-20-11/h3,7,10H,2,4-6,8H2,1H3,(H,14,18)(H,16,17)/t10-/m0/s1. The van der Waals surface area contributed by atoms with Crippen LogP contribution in [0.4, 0.5) is 4.79 Å². The molecule has 1 aliphatic heterocycles. The van der Waals surface area contributed by atoms with Gasteiger partial charge >= 0.3 is 12.0 Å². The highest BCUT2D eigenvalue weighted by molar-refractivity contribution is 7.98. The lowest BCUT2D eigenvalue weighted by Gasteiger charge is -2.28. The van der Waals surface area contributed by atoms with E-state index in [1.807, 2.05) is 17.7 Å². The molecule has 2 rings (SSSR count). The molecule has 110 valence electrons. The van der Waals surface area contributed by atoms with Crippen LogP contribution < -0.4 is 5.32 Å². The molecule has 1 aliphatic rings. The molecule has 0 aliphatic carbocycles. The molecule has 5 nitrogen and oxygen atoms in total. The molecule has 1 atom stereocenters. The molecule has 0 saturated carbocycles. The normalized spacial score (nSPS) is 15.6. The molecule has 0 saturated heterocycles. The van der Waals surface area contributed by atoms with Crippen LogP contribution in [-0.4, -0.2) is 46.6 Å². The lowest BCUT2D eigenvalue weighted by molar-refractivity contribution is -0.139. The Hall–Kier alpha value is -1.21. The van der Waals surface area contributed by atoms with Gasteiger partial charge in [-0.15, -0.1) is 11.3 Å². The second-order valence-electron chi connectivity index (χ2n) is 4.66. The molecule has 0 bridgehead atoms. The van der Waals surface area contributed by atoms with Gasteiger partial charge in [0, 0.05) is 18.0 Å². The highest BCUT2D eigenvalue weighted by Gasteiger charge is 2.25. The van der Waals surface area contributed by atoms with Crippen LogP contribution in [0.2, 0.25) is 0 Å². The van der Waals surface area contributed by atoms with Crippen molar-refractivity contribution in [1.82, 2.24) is 10.2 Å². The van der Waals surface area contributed by atoms with Crippen molar-refractivity contribution in [2.45, 2.75) is 25.4 Å². The number of thiophene rings is 1. The van der Waals surface area contributed by atoms with Crippen LogP contribution in [0, 0.1) is 0 Å². The van der Waals surface area contributed by atoms with Gasteiger partial charge in [-0.2, -0.15) is 11.8 Å². The Morgan fingerprint density at radius 2 is 2.40 bits per heavy atom. The Kier molecular flexibility index (Phi) is 5.31. The first-order valence-corrected chi connectivity index (χ1v) is 8.71. The summed E-state index contributed by atoms with van der Waals surface area (Å²) < 4.78 is 0. The van der Waals surface area contributed by atoms with Crippen LogP contribution in [0.15, 0.2) is 11.4 Å². The van der Waals surface area contributed by atoms with Crippen LogP contribution in [0.1, 0.15) is 16.9 Å². The van der Waals surface area contributed by atoms with Crippen LogP contribution in [0.3, 0.4) is 0 Å². The average Bonchev–Trinajstić information content (AvgIpc) is 2.90. The fourth-order valence-electron chi connectivity index (χ4n) is 2.16. The van der Waals surface area contributed by atoms with Crippen molar-refractivity contribution in [1.29, 1.82) is 0 Å². The summed E-state index contributed by atoms with van der Waals surface area (Å²) in [5, 5.41) is 13.8. The molecule has 7 heteroatoms. The summed E-state index contributed by atoms with van der Waals surface area (Å²) in [5.74, 6) is -0.257. The molecular weight excluding hydrogens is 296 g/mol. The van der Waals surface area contributed by atoms with E-state index in [0.717, 1.165) is 6.42 Å². The molecule has 0 spiro atoms. The zero-order valence-electron chi connectivity index (χ0n) is 11.3. The third kappa shape index (κ3) is 3.67. The summed E-state index contributed by atoms with van der Waals surface area (Å²) in [5.41, 5.74) is 1.17. The van der Waals surface area contributed by atoms with Gasteiger partial charge < -0.3 is 15.3 Å². The van der Waals surface area contributed by atoms with Gasteiger partial charge in [-0.25, -0.2) is 9.59 Å². The molecule has 0 fully saturated rings. The van der Waals surface area contributed by atoms with Gasteiger partial charge in [0.05, 0.1) is 0 Å². The number of hydrogen-bond acceptors (Lipinski definition) is 4. The van der Waals surface area contributed by atoms with Crippen molar-refractivity contribution in [2.75, 3.05) is 18.6 Å². The van der Waals surface area contributed by atoms with E-state index < -0.39 is 12.0 Å². The van der Waals surface area contributed by atoms with Crippen molar-refractivity contribution in [3.8, 4) is 0 Å². The van der Waals surface area contributed by atoms with Gasteiger partial charge in [-0.05, 0) is 41.9 Å². The number of aliphatic carboxylic acids is 1. The summed E-state index contributed by atoms with van der Waals surface area (Å²) in [4.78, 5) is 26.3. The van der Waals surface area contributed by atoms with Crippen molar-refractivity contribution < 1.29 is 14.7 Å². The Balaban J connectivity index is 1.92. The third-order valence-corrected chi connectivity index (χ3v) is 4.97. The number of rotatable bonds is 5. The summed E-state index contributed by atoms with van der Waals surface area (Å²) in [6.07, 6.45) is 3.21. The first kappa shape index (κ1) is 15.2. The first-order chi connectivity index (χ1) is 9.61. The maximum Gasteiger partial charge on any atom is 0.326 e. The van der Waals surface area contributed by atoms with Crippen LogP contribution in [0.5, 0.6) is 0 Å². The van der Waals surface area contributed by atoms with Crippen molar-refractivity contribution in [2.24, 2.45) is 0 Å². The van der Waals surface area contributed by atoms with E-state index >= 15 is 0 Å². The summed E-state index contributed by atoms with van der Waals surface area (Å²) in [6.45, 7) is 1.22. The van der Waals surface area contributed by atoms with Gasteiger partial charge in [0.1, 0.15) is 6.04 Å². The van der Waals surface area contributed by atoms with Crippen LogP contribution >= 0.6 is 23.1 Å². The highest BCUT2D eigenvalue weighted by Crippen LogP contribution is 2.23. The quantitative estimate of drug-likeness (QED) is 0.872. The number of hydrogen-bond donors (Lipinski definition) is 2. The summed E-state index contributed by atoms with van der Waals surface area (Å²) >= 11 is 3.29. The van der Waals surface area contributed by atoms with Crippen LogP contribution in [-0.2, 0) is 17.8 Å². The minimum Gasteiger partial charge on any atom is -0.480 e. The van der Waals surface area contributed by atoms with Gasteiger partial charge in [0.25, 0.3) is 0 Å². The summed E-state index contributed by atoms with van der Waals surface area (Å²) in [7, 11) is 0. The van der Waals surface area contributed by atoms with E-state index in [4.69, 9.17) is 5.11 Å². The van der Waals surface area contributed by atoms with E-state index in [-0.39, 0.29) is 6.03 Å². The lowest BCUT2D eigenvalue weighted by Crippen LogP contribution is -2.49. The largest absolute Gasteiger partial charge is 0.480 e. The predicted molar refractivity (Wildman–Crippen MR) is 81.4 cm³/mol. The van der Waals surface area contributed by atoms with E-state index in [9.17, 15) is 9.59 Å². The smallest absolute Gasteiger partial charge is 0.326 e. The molecule has 0 radical (unpaired) electrons. The number of amides is 2. The van der Waals surface area contributed by atoms with Gasteiger partial charge in [-0.3, -0.25) is 0 Å². The number of nitrogens with one attached hydrogen (secondary N) is 1. The third-order valence-electron chi connectivity index (χ3n) is 3.30. The fourth-order valence-corrected chi connectivity index (χ4v) is 3.52. The fraction of sp³-hybridized carbons (Fsp3) is 0.538. The van der Waals surface area contributed by atoms with Gasteiger partial charge in [-0.1, -0.05) is 0 Å². The number of carboxylic acid groups (broad SMARTS) is 1. The number of carboxylic acids is 1. The Bertz CT molecular complexity index is 490. The number of fused-ring (bicyclic) bond motifs is 1. The summed E-state index contributed by atoms with van der Waals surface area (Å²) in [6, 6.07) is 0.941. The zero-order valence-corrected chi connectivity index (χ0v) is 12.9. The molecule has 0 aromatic carbocycles. The second kappa shape index (κ2) is 6.99. The SMILES string of the molecule is CSCC[C@H](NC(=O)N1CCc2sccc2C1)C(=O)O. The molecule has 2 heterocycles. The molecule has 2 amide bonds. The molecule has 1 aromatic heterocycles. The predicted octanol–water partition coefficient (Wildman–Crippen LogP) is 2.02. The average molecular weight is 314 g/mol. The first-order valence-electron chi connectivity index (χ1n) is 6.44. The van der Waals surface area contributed by atoms with Crippen molar-refractivity contribution >= 4 is 35.1 Å². The number of urea groups is 1. The van der Waals surface area contributed by atoms with E-state index in [0.29, 0.717) is 25.3 Å². The number of thioether (sulfide) groups is 1. The van der Waals surface area contributed by atoms with E-state index in [1.54, 1.807) is 28.0 Å². The highest BCUT2D eigenvalue weighted by atomic mass is 32.2. The Morgan fingerprint density at radius 1 is 1.60 bits per heavy atom. The maximum absolute atomic E-state index is 12.2. The lowest BCUT2D eigenvalue weighted by atomic mass is 10.1. The van der Waals surface area contributed by atoms with Crippen LogP contribution in [0.25, 0.3) is 0 Å². The van der Waals surface area contributed by atoms with Gasteiger partial charge in [0.2, 0.25) is 0 Å². The zero-order chi connectivity index (χ0) is 14.5.